The lowest BCUT2D eigenvalue weighted by Crippen LogP contribution is -2.27. The van der Waals surface area contributed by atoms with Crippen molar-refractivity contribution in [3.8, 4) is 11.4 Å². The number of hydrogen-bond acceptors (Lipinski definition) is 2. The van der Waals surface area contributed by atoms with Crippen molar-refractivity contribution in [1.82, 2.24) is 14.5 Å². The van der Waals surface area contributed by atoms with Crippen LogP contribution in [0.25, 0.3) is 11.4 Å². The molecule has 1 heterocycles. The molecular formula is C29H32FN3. The summed E-state index contributed by atoms with van der Waals surface area (Å²) < 4.78 is 16.8. The molecule has 0 N–H and O–H groups in total. The second-order valence-electron chi connectivity index (χ2n) is 8.48. The first-order valence-electron chi connectivity index (χ1n) is 11.8. The van der Waals surface area contributed by atoms with Gasteiger partial charge < -0.3 is 4.57 Å². The Bertz CT molecular complexity index is 1120. The van der Waals surface area contributed by atoms with Crippen molar-refractivity contribution >= 4 is 0 Å². The van der Waals surface area contributed by atoms with Crippen molar-refractivity contribution in [3.63, 3.8) is 0 Å². The number of hydrogen-bond donors (Lipinski definition) is 0. The summed E-state index contributed by atoms with van der Waals surface area (Å²) in [6.07, 6.45) is 5.14. The second kappa shape index (κ2) is 11.6. The Kier molecular flexibility index (Phi) is 8.04. The van der Waals surface area contributed by atoms with Crippen LogP contribution in [-0.2, 0) is 26.1 Å². The molecule has 0 aliphatic carbocycles. The Morgan fingerprint density at radius 2 is 1.55 bits per heavy atom. The molecule has 0 aliphatic heterocycles. The lowest BCUT2D eigenvalue weighted by molar-refractivity contribution is 0.249. The summed E-state index contributed by atoms with van der Waals surface area (Å²) in [5.41, 5.74) is 4.32. The highest BCUT2D eigenvalue weighted by Crippen LogP contribution is 2.22. The Balaban J connectivity index is 1.60. The van der Waals surface area contributed by atoms with E-state index in [1.54, 1.807) is 12.1 Å². The minimum Gasteiger partial charge on any atom is -0.327 e. The zero-order valence-electron chi connectivity index (χ0n) is 19.3. The van der Waals surface area contributed by atoms with Gasteiger partial charge in [-0.25, -0.2) is 9.37 Å². The van der Waals surface area contributed by atoms with E-state index in [-0.39, 0.29) is 5.82 Å². The van der Waals surface area contributed by atoms with Gasteiger partial charge in [-0.05, 0) is 24.5 Å². The summed E-state index contributed by atoms with van der Waals surface area (Å²) in [4.78, 5) is 7.13. The lowest BCUT2D eigenvalue weighted by Gasteiger charge is -2.24. The van der Waals surface area contributed by atoms with Crippen molar-refractivity contribution in [1.29, 1.82) is 0 Å². The van der Waals surface area contributed by atoms with Gasteiger partial charge in [0.1, 0.15) is 11.6 Å². The monoisotopic (exact) mass is 441 g/mol. The first-order valence-corrected chi connectivity index (χ1v) is 11.8. The van der Waals surface area contributed by atoms with Gasteiger partial charge in [0.05, 0.1) is 11.9 Å². The van der Waals surface area contributed by atoms with Crippen LogP contribution in [0.2, 0.25) is 0 Å². The fourth-order valence-electron chi connectivity index (χ4n) is 4.16. The molecule has 3 aromatic carbocycles. The Labute approximate surface area is 196 Å². The molecule has 1 aromatic heterocycles. The normalized spacial score (nSPS) is 11.2. The summed E-state index contributed by atoms with van der Waals surface area (Å²) in [6.45, 7) is 5.28. The predicted octanol–water partition coefficient (Wildman–Crippen LogP) is 6.73. The van der Waals surface area contributed by atoms with Crippen LogP contribution in [0.1, 0.15) is 36.6 Å². The van der Waals surface area contributed by atoms with E-state index in [1.165, 1.54) is 11.3 Å². The third-order valence-corrected chi connectivity index (χ3v) is 6.00. The van der Waals surface area contributed by atoms with Crippen molar-refractivity contribution in [2.45, 2.75) is 45.8 Å². The maximum absolute atomic E-state index is 14.5. The van der Waals surface area contributed by atoms with Crippen LogP contribution in [0.5, 0.6) is 0 Å². The van der Waals surface area contributed by atoms with Gasteiger partial charge >= 0.3 is 0 Å². The summed E-state index contributed by atoms with van der Waals surface area (Å²) in [5.74, 6) is 0.861. The fourth-order valence-corrected chi connectivity index (χ4v) is 4.16. The lowest BCUT2D eigenvalue weighted by atomic mass is 10.1. The fraction of sp³-hybridized carbons (Fsp3) is 0.276. The van der Waals surface area contributed by atoms with Crippen molar-refractivity contribution in [3.05, 3.63) is 114 Å². The van der Waals surface area contributed by atoms with E-state index in [0.29, 0.717) is 6.54 Å². The van der Waals surface area contributed by atoms with Gasteiger partial charge in [-0.1, -0.05) is 92.2 Å². The minimum absolute atomic E-state index is 0.147. The van der Waals surface area contributed by atoms with Gasteiger partial charge in [0.25, 0.3) is 0 Å². The summed E-state index contributed by atoms with van der Waals surface area (Å²) in [7, 11) is 0. The molecule has 0 unspecified atom stereocenters. The SMILES string of the molecule is CCCCn1c(CN(CCc2ccccc2)Cc2ccccc2F)cnc1-c1ccccc1. The number of rotatable bonds is 11. The Morgan fingerprint density at radius 1 is 0.848 bits per heavy atom. The van der Waals surface area contributed by atoms with E-state index in [0.717, 1.165) is 55.8 Å². The van der Waals surface area contributed by atoms with Gasteiger partial charge in [-0.2, -0.15) is 0 Å². The number of halogens is 1. The van der Waals surface area contributed by atoms with Crippen LogP contribution in [0.15, 0.2) is 91.1 Å². The number of aromatic nitrogens is 2. The van der Waals surface area contributed by atoms with Gasteiger partial charge in [-0.15, -0.1) is 0 Å². The molecule has 4 heteroatoms. The van der Waals surface area contributed by atoms with Crippen LogP contribution in [0, 0.1) is 5.82 Å². The maximum atomic E-state index is 14.5. The average molecular weight is 442 g/mol. The number of imidazole rings is 1. The summed E-state index contributed by atoms with van der Waals surface area (Å²) >= 11 is 0. The third kappa shape index (κ3) is 6.17. The Hall–Kier alpha value is -3.24. The van der Waals surface area contributed by atoms with Crippen molar-refractivity contribution < 1.29 is 4.39 Å². The quantitative estimate of drug-likeness (QED) is 0.257. The molecule has 0 fully saturated rings. The van der Waals surface area contributed by atoms with E-state index >= 15 is 0 Å². The molecule has 33 heavy (non-hydrogen) atoms. The molecule has 0 bridgehead atoms. The molecule has 4 aromatic rings. The van der Waals surface area contributed by atoms with Gasteiger partial charge in [0.2, 0.25) is 0 Å². The molecule has 3 nitrogen and oxygen atoms in total. The van der Waals surface area contributed by atoms with Crippen LogP contribution < -0.4 is 0 Å². The second-order valence-corrected chi connectivity index (χ2v) is 8.48. The van der Waals surface area contributed by atoms with Crippen molar-refractivity contribution in [2.75, 3.05) is 6.54 Å². The molecule has 0 spiro atoms. The topological polar surface area (TPSA) is 21.1 Å². The highest BCUT2D eigenvalue weighted by molar-refractivity contribution is 5.55. The molecule has 0 aliphatic rings. The number of benzene rings is 3. The molecular weight excluding hydrogens is 409 g/mol. The van der Waals surface area contributed by atoms with Gasteiger partial charge in [0, 0.05) is 37.3 Å². The van der Waals surface area contributed by atoms with E-state index in [4.69, 9.17) is 4.98 Å². The van der Waals surface area contributed by atoms with Crippen LogP contribution in [0.3, 0.4) is 0 Å². The van der Waals surface area contributed by atoms with Gasteiger partial charge in [0.15, 0.2) is 0 Å². The van der Waals surface area contributed by atoms with Crippen LogP contribution in [0.4, 0.5) is 4.39 Å². The smallest absolute Gasteiger partial charge is 0.140 e. The van der Waals surface area contributed by atoms with E-state index in [9.17, 15) is 4.39 Å². The maximum Gasteiger partial charge on any atom is 0.140 e. The minimum atomic E-state index is -0.147. The molecule has 170 valence electrons. The predicted molar refractivity (Wildman–Crippen MR) is 133 cm³/mol. The van der Waals surface area contributed by atoms with E-state index in [2.05, 4.69) is 64.9 Å². The first-order chi connectivity index (χ1) is 16.2. The van der Waals surface area contributed by atoms with E-state index in [1.807, 2.05) is 30.5 Å². The first kappa shape index (κ1) is 22.9. The summed E-state index contributed by atoms with van der Waals surface area (Å²) in [6, 6.07) is 27.9. The number of nitrogens with zero attached hydrogens (tertiary/aromatic N) is 3. The largest absolute Gasteiger partial charge is 0.327 e. The van der Waals surface area contributed by atoms with Crippen molar-refractivity contribution in [2.24, 2.45) is 0 Å². The molecule has 0 amide bonds. The standard InChI is InChI=1S/C29H32FN3/c1-2-3-19-33-27(21-31-29(33)25-14-8-5-9-15-25)23-32(20-18-24-12-6-4-7-13-24)22-26-16-10-11-17-28(26)30/h4-17,21H,2-3,18-20,22-23H2,1H3. The molecule has 0 atom stereocenters. The summed E-state index contributed by atoms with van der Waals surface area (Å²) in [5, 5.41) is 0. The Morgan fingerprint density at radius 3 is 2.27 bits per heavy atom. The third-order valence-electron chi connectivity index (χ3n) is 6.00. The number of unbranched alkanes of at least 4 members (excludes halogenated alkanes) is 1. The molecule has 0 radical (unpaired) electrons. The molecule has 4 rings (SSSR count). The highest BCUT2D eigenvalue weighted by Gasteiger charge is 2.16. The van der Waals surface area contributed by atoms with E-state index < -0.39 is 0 Å². The van der Waals surface area contributed by atoms with Crippen LogP contribution >= 0.6 is 0 Å². The molecule has 0 saturated heterocycles. The zero-order valence-corrected chi connectivity index (χ0v) is 19.3. The highest BCUT2D eigenvalue weighted by atomic mass is 19.1. The average Bonchev–Trinajstić information content (AvgIpc) is 3.26. The molecule has 0 saturated carbocycles. The van der Waals surface area contributed by atoms with Gasteiger partial charge in [-0.3, -0.25) is 4.90 Å². The zero-order chi connectivity index (χ0) is 22.9. The van der Waals surface area contributed by atoms with Crippen LogP contribution in [-0.4, -0.2) is 21.0 Å².